The molecule has 0 saturated carbocycles. The predicted octanol–water partition coefficient (Wildman–Crippen LogP) is 0.746. The van der Waals surface area contributed by atoms with Crippen molar-refractivity contribution < 1.29 is 13.8 Å². The van der Waals surface area contributed by atoms with Gasteiger partial charge in [-0.15, -0.1) is 0 Å². The minimum atomic E-state index is -0.487. The summed E-state index contributed by atoms with van der Waals surface area (Å²) in [4.78, 5) is 25.1. The number of aromatic amines is 1. The summed E-state index contributed by atoms with van der Waals surface area (Å²) >= 11 is 0. The molecule has 0 aliphatic carbocycles. The predicted molar refractivity (Wildman–Crippen MR) is 62.8 cm³/mol. The first-order valence-electron chi connectivity index (χ1n) is 5.54. The summed E-state index contributed by atoms with van der Waals surface area (Å²) < 4.78 is 21.9. The fourth-order valence-electron chi connectivity index (χ4n) is 1.93. The second kappa shape index (κ2) is 5.56. The van der Waals surface area contributed by atoms with Crippen molar-refractivity contribution in [1.29, 1.82) is 0 Å². The number of rotatable bonds is 4. The molecule has 0 radical (unpaired) electrons. The van der Waals surface area contributed by atoms with E-state index in [0.717, 1.165) is 0 Å². The molecule has 2 rings (SSSR count). The molecule has 0 aromatic carbocycles. The van der Waals surface area contributed by atoms with Crippen LogP contribution in [0, 0.1) is 6.92 Å². The zero-order valence-electron chi connectivity index (χ0n) is 9.79. The summed E-state index contributed by atoms with van der Waals surface area (Å²) in [6, 6.07) is 0. The zero-order chi connectivity index (χ0) is 13.1. The Morgan fingerprint density at radius 3 is 3.06 bits per heavy atom. The van der Waals surface area contributed by atoms with Gasteiger partial charge < -0.3 is 4.74 Å². The number of hydrogen-bond acceptors (Lipinski definition) is 5. The third-order valence-corrected chi connectivity index (χ3v) is 3.11. The Hall–Kier alpha value is -1.30. The molecule has 1 aromatic rings. The molecule has 8 heteroatoms. The molecule has 7 nitrogen and oxygen atoms in total. The quantitative estimate of drug-likeness (QED) is 0.816. The van der Waals surface area contributed by atoms with Crippen molar-refractivity contribution in [3.8, 4) is 0 Å². The Morgan fingerprint density at radius 2 is 2.33 bits per heavy atom. The van der Waals surface area contributed by atoms with Crippen LogP contribution in [0.3, 0.4) is 0 Å². The van der Waals surface area contributed by atoms with Crippen LogP contribution in [0.2, 0.25) is 0 Å². The fraction of sp³-hybridized carbons (Fsp3) is 0.600. The van der Waals surface area contributed by atoms with E-state index in [4.69, 9.17) is 9.26 Å². The van der Waals surface area contributed by atoms with E-state index in [1.807, 2.05) is 0 Å². The van der Waals surface area contributed by atoms with Gasteiger partial charge in [0, 0.05) is 11.8 Å². The summed E-state index contributed by atoms with van der Waals surface area (Å²) in [6.45, 7) is 1.85. The second-order valence-electron chi connectivity index (χ2n) is 4.14. The Bertz CT molecular complexity index is 552. The van der Waals surface area contributed by atoms with Crippen LogP contribution >= 0.6 is 8.69 Å². The highest BCUT2D eigenvalue weighted by Gasteiger charge is 2.27. The molecule has 1 fully saturated rings. The lowest BCUT2D eigenvalue weighted by Crippen LogP contribution is -2.33. The maximum Gasteiger partial charge on any atom is 0.330 e. The summed E-state index contributed by atoms with van der Waals surface area (Å²) in [5.74, 6) is 0. The molecule has 2 heterocycles. The highest BCUT2D eigenvalue weighted by atomic mass is 31.1. The largest absolute Gasteiger partial charge is 0.352 e. The molecule has 0 amide bonds. The number of aromatic nitrogens is 2. The van der Waals surface area contributed by atoms with Crippen molar-refractivity contribution in [1.82, 2.24) is 9.55 Å². The van der Waals surface area contributed by atoms with Gasteiger partial charge in [0.2, 0.25) is 0 Å². The van der Waals surface area contributed by atoms with Gasteiger partial charge in [0.15, 0.2) is 0 Å². The minimum Gasteiger partial charge on any atom is -0.352 e. The van der Waals surface area contributed by atoms with E-state index in [2.05, 4.69) is 4.98 Å². The third kappa shape index (κ3) is 2.75. The summed E-state index contributed by atoms with van der Waals surface area (Å²) in [5, 5.41) is 0. The van der Waals surface area contributed by atoms with Crippen molar-refractivity contribution in [2.45, 2.75) is 32.1 Å². The van der Waals surface area contributed by atoms with Crippen LogP contribution in [-0.2, 0) is 13.8 Å². The number of nitrogens with one attached hydrogen (secondary N) is 1. The highest BCUT2D eigenvalue weighted by Crippen LogP contribution is 2.27. The van der Waals surface area contributed by atoms with Crippen LogP contribution in [0.15, 0.2) is 15.8 Å². The van der Waals surface area contributed by atoms with E-state index in [1.54, 1.807) is 6.92 Å². The molecule has 0 spiro atoms. The van der Waals surface area contributed by atoms with Crippen molar-refractivity contribution in [2.24, 2.45) is 0 Å². The van der Waals surface area contributed by atoms with Crippen molar-refractivity contribution in [3.63, 3.8) is 0 Å². The molecule has 2 unspecified atom stereocenters. The van der Waals surface area contributed by atoms with Gasteiger partial charge in [0.25, 0.3) is 5.56 Å². The Morgan fingerprint density at radius 1 is 1.56 bits per heavy atom. The van der Waals surface area contributed by atoms with Crippen LogP contribution in [-0.4, -0.2) is 22.3 Å². The highest BCUT2D eigenvalue weighted by molar-refractivity contribution is 7.17. The van der Waals surface area contributed by atoms with E-state index in [1.165, 1.54) is 10.8 Å². The van der Waals surface area contributed by atoms with Crippen LogP contribution in [0.1, 0.15) is 24.6 Å². The molecule has 18 heavy (non-hydrogen) atoms. The van der Waals surface area contributed by atoms with Gasteiger partial charge >= 0.3 is 14.4 Å². The Labute approximate surface area is 104 Å². The lowest BCUT2D eigenvalue weighted by molar-refractivity contribution is -0.0182. The van der Waals surface area contributed by atoms with E-state index in [0.29, 0.717) is 18.4 Å². The number of hydrogen-bond donors (Lipinski definition) is 1. The lowest BCUT2D eigenvalue weighted by atomic mass is 10.2. The van der Waals surface area contributed by atoms with Crippen LogP contribution < -0.4 is 11.2 Å². The molecular formula is C10H13N2O5P. The maximum atomic E-state index is 11.6. The first kappa shape index (κ1) is 13.1. The molecule has 1 saturated heterocycles. The lowest BCUT2D eigenvalue weighted by Gasteiger charge is -2.15. The van der Waals surface area contributed by atoms with Gasteiger partial charge in [-0.2, -0.15) is 0 Å². The Kier molecular flexibility index (Phi) is 4.06. The van der Waals surface area contributed by atoms with Gasteiger partial charge in [0.1, 0.15) is 6.23 Å². The van der Waals surface area contributed by atoms with E-state index in [-0.39, 0.29) is 27.0 Å². The van der Waals surface area contributed by atoms with Gasteiger partial charge in [0.05, 0.1) is 12.7 Å². The van der Waals surface area contributed by atoms with Crippen molar-refractivity contribution >= 4 is 8.69 Å². The second-order valence-corrected chi connectivity index (χ2v) is 4.55. The first-order chi connectivity index (χ1) is 8.61. The average molecular weight is 272 g/mol. The molecular weight excluding hydrogens is 259 g/mol. The topological polar surface area (TPSA) is 90.4 Å². The van der Waals surface area contributed by atoms with Gasteiger partial charge in [-0.3, -0.25) is 18.9 Å². The van der Waals surface area contributed by atoms with E-state index >= 15 is 0 Å². The molecule has 0 bridgehead atoms. The molecule has 2 atom stereocenters. The van der Waals surface area contributed by atoms with Gasteiger partial charge in [-0.05, 0) is 19.8 Å². The van der Waals surface area contributed by atoms with Gasteiger partial charge in [-0.1, -0.05) is 0 Å². The third-order valence-electron chi connectivity index (χ3n) is 2.85. The Balaban J connectivity index is 2.14. The standard InChI is InChI=1S/C10H13N2O5P/c1-6-4-12(10(14)11-9(6)13)8-3-2-7(17-8)5-16-18-15/h4,7-8H,2-3,5H2,1H3,(H,11,13,14). The van der Waals surface area contributed by atoms with Crippen LogP contribution in [0.5, 0.6) is 0 Å². The monoisotopic (exact) mass is 272 g/mol. The van der Waals surface area contributed by atoms with Gasteiger partial charge in [-0.25, -0.2) is 9.36 Å². The zero-order valence-corrected chi connectivity index (χ0v) is 10.7. The van der Waals surface area contributed by atoms with Crippen molar-refractivity contribution in [2.75, 3.05) is 6.61 Å². The minimum absolute atomic E-state index is 0.185. The van der Waals surface area contributed by atoms with E-state index < -0.39 is 11.9 Å². The maximum absolute atomic E-state index is 11.6. The number of ether oxygens (including phenoxy) is 1. The van der Waals surface area contributed by atoms with Crippen LogP contribution in [0.25, 0.3) is 0 Å². The normalized spacial score (nSPS) is 23.6. The molecule has 1 aromatic heterocycles. The van der Waals surface area contributed by atoms with Crippen molar-refractivity contribution in [3.05, 3.63) is 32.6 Å². The molecule has 1 aliphatic heterocycles. The fourth-order valence-corrected chi connectivity index (χ4v) is 2.15. The molecule has 1 N–H and O–H groups in total. The number of nitrogens with zero attached hydrogens (tertiary/aromatic N) is 1. The summed E-state index contributed by atoms with van der Waals surface area (Å²) in [6.07, 6.45) is 2.25. The average Bonchev–Trinajstić information content (AvgIpc) is 2.79. The smallest absolute Gasteiger partial charge is 0.330 e. The SMILES string of the molecule is Cc1cn(C2CCC(COP=O)O2)c(=O)[nH]c1=O. The first-order valence-corrected chi connectivity index (χ1v) is 6.27. The van der Waals surface area contributed by atoms with E-state index in [9.17, 15) is 14.2 Å². The summed E-state index contributed by atoms with van der Waals surface area (Å²) in [7, 11) is -0.381. The molecule has 98 valence electrons. The van der Waals surface area contributed by atoms with Crippen LogP contribution in [0.4, 0.5) is 0 Å². The number of H-pyrrole nitrogens is 1. The summed E-state index contributed by atoms with van der Waals surface area (Å²) in [5.41, 5.74) is -0.422. The number of aryl methyl sites for hydroxylation is 1. The molecule has 1 aliphatic rings.